The predicted molar refractivity (Wildman–Crippen MR) is 113 cm³/mol. The topological polar surface area (TPSA) is 76.8 Å². The molecule has 3 aromatic rings. The molecule has 0 radical (unpaired) electrons. The lowest BCUT2D eigenvalue weighted by Gasteiger charge is -2.23. The van der Waals surface area contributed by atoms with Gasteiger partial charge in [-0.15, -0.1) is 0 Å². The van der Waals surface area contributed by atoms with Crippen LogP contribution in [0.1, 0.15) is 40.5 Å². The minimum Gasteiger partial charge on any atom is -0.382 e. The molecule has 0 aliphatic carbocycles. The molecule has 1 amide bonds. The van der Waals surface area contributed by atoms with Crippen LogP contribution in [0.5, 0.6) is 0 Å². The minimum absolute atomic E-state index is 0.227. The first-order valence-electron chi connectivity index (χ1n) is 10.5. The van der Waals surface area contributed by atoms with Crippen LogP contribution in [0.3, 0.4) is 0 Å². The highest BCUT2D eigenvalue weighted by atomic mass is 19.1. The molecule has 0 unspecified atom stereocenters. The summed E-state index contributed by atoms with van der Waals surface area (Å²) in [5, 5.41) is 11.5. The Bertz CT molecular complexity index is 1060. The zero-order chi connectivity index (χ0) is 21.8. The van der Waals surface area contributed by atoms with E-state index in [-0.39, 0.29) is 18.1 Å². The maximum absolute atomic E-state index is 13.3. The quantitative estimate of drug-likeness (QED) is 0.417. The van der Waals surface area contributed by atoms with Gasteiger partial charge in [-0.05, 0) is 43.0 Å². The molecule has 1 aliphatic rings. The molecule has 3 heterocycles. The Morgan fingerprint density at radius 2 is 1.97 bits per heavy atom. The van der Waals surface area contributed by atoms with Crippen LogP contribution in [0.15, 0.2) is 36.7 Å². The molecule has 0 atom stereocenters. The Hall–Kier alpha value is -2.81. The second kappa shape index (κ2) is 9.55. The molecule has 0 spiro atoms. The van der Waals surface area contributed by atoms with E-state index in [1.165, 1.54) is 12.1 Å². The van der Waals surface area contributed by atoms with Crippen molar-refractivity contribution in [2.45, 2.75) is 32.9 Å². The van der Waals surface area contributed by atoms with Crippen LogP contribution in [0.4, 0.5) is 4.39 Å². The lowest BCUT2D eigenvalue weighted by molar-refractivity contribution is -0.0606. The number of fused-ring (bicyclic) bond motifs is 3. The molecule has 1 aliphatic heterocycles. The fourth-order valence-corrected chi connectivity index (χ4v) is 3.92. The van der Waals surface area contributed by atoms with Gasteiger partial charge in [-0.3, -0.25) is 10.0 Å². The van der Waals surface area contributed by atoms with Crippen molar-refractivity contribution in [1.82, 2.24) is 14.6 Å². The van der Waals surface area contributed by atoms with Crippen molar-refractivity contribution in [3.63, 3.8) is 0 Å². The smallest absolute Gasteiger partial charge is 0.296 e. The van der Waals surface area contributed by atoms with Crippen LogP contribution < -0.4 is 0 Å². The maximum atomic E-state index is 13.3. The van der Waals surface area contributed by atoms with Gasteiger partial charge < -0.3 is 14.0 Å². The van der Waals surface area contributed by atoms with Gasteiger partial charge in [0.1, 0.15) is 11.5 Å². The maximum Gasteiger partial charge on any atom is 0.296 e. The molecule has 164 valence electrons. The number of aromatic nitrogens is 2. The summed E-state index contributed by atoms with van der Waals surface area (Å²) in [6.07, 6.45) is 4.99. The summed E-state index contributed by atoms with van der Waals surface area (Å²) in [4.78, 5) is 16.7. The van der Waals surface area contributed by atoms with E-state index >= 15 is 0 Å². The number of hydroxylamine groups is 2. The van der Waals surface area contributed by atoms with Crippen LogP contribution in [0, 0.1) is 5.82 Å². The van der Waals surface area contributed by atoms with E-state index in [1.54, 1.807) is 18.3 Å². The number of carbonyl (C=O) groups excluding carboxylic acids is 1. The van der Waals surface area contributed by atoms with Gasteiger partial charge in [0.05, 0.1) is 24.9 Å². The van der Waals surface area contributed by atoms with Crippen molar-refractivity contribution in [3.05, 3.63) is 64.9 Å². The molecule has 31 heavy (non-hydrogen) atoms. The van der Waals surface area contributed by atoms with Crippen LogP contribution in [-0.2, 0) is 29.0 Å². The molecule has 2 aromatic heterocycles. The Morgan fingerprint density at radius 3 is 2.74 bits per heavy atom. The average molecular weight is 427 g/mol. The Balaban J connectivity index is 1.66. The summed E-state index contributed by atoms with van der Waals surface area (Å²) >= 11 is 0. The SMILES string of the molecule is CCOCCCOCc1cn(Cc2ccc(F)cc2)c2cnc3c(c12)CCN(O)C3=O. The molecule has 8 heteroatoms. The first-order valence-corrected chi connectivity index (χ1v) is 10.5. The van der Waals surface area contributed by atoms with E-state index in [9.17, 15) is 14.4 Å². The molecule has 1 aromatic carbocycles. The highest BCUT2D eigenvalue weighted by Crippen LogP contribution is 2.31. The van der Waals surface area contributed by atoms with Gasteiger partial charge in [0.15, 0.2) is 0 Å². The number of amides is 1. The van der Waals surface area contributed by atoms with Crippen molar-refractivity contribution >= 4 is 16.8 Å². The summed E-state index contributed by atoms with van der Waals surface area (Å²) < 4.78 is 26.6. The first kappa shape index (κ1) is 21.4. The zero-order valence-electron chi connectivity index (χ0n) is 17.5. The van der Waals surface area contributed by atoms with Gasteiger partial charge in [-0.1, -0.05) is 12.1 Å². The molecule has 0 bridgehead atoms. The number of carbonyl (C=O) groups is 1. The van der Waals surface area contributed by atoms with Crippen molar-refractivity contribution in [3.8, 4) is 0 Å². The van der Waals surface area contributed by atoms with E-state index in [4.69, 9.17) is 9.47 Å². The summed E-state index contributed by atoms with van der Waals surface area (Å²) in [7, 11) is 0. The number of halogens is 1. The van der Waals surface area contributed by atoms with Gasteiger partial charge in [0, 0.05) is 43.5 Å². The van der Waals surface area contributed by atoms with Gasteiger partial charge in [-0.25, -0.2) is 14.4 Å². The van der Waals surface area contributed by atoms with Crippen LogP contribution in [0.25, 0.3) is 10.9 Å². The summed E-state index contributed by atoms with van der Waals surface area (Å²) in [5.74, 6) is -0.761. The van der Waals surface area contributed by atoms with Gasteiger partial charge in [0.25, 0.3) is 5.91 Å². The molecule has 1 N–H and O–H groups in total. The summed E-state index contributed by atoms with van der Waals surface area (Å²) in [6, 6.07) is 6.39. The van der Waals surface area contributed by atoms with Gasteiger partial charge in [0.2, 0.25) is 0 Å². The fraction of sp³-hybridized carbons (Fsp3) is 0.391. The molecule has 0 saturated carbocycles. The predicted octanol–water partition coefficient (Wildman–Crippen LogP) is 3.55. The van der Waals surface area contributed by atoms with Crippen LogP contribution in [-0.4, -0.2) is 52.1 Å². The number of nitrogens with zero attached hydrogens (tertiary/aromatic N) is 3. The van der Waals surface area contributed by atoms with Crippen molar-refractivity contribution < 1.29 is 23.9 Å². The van der Waals surface area contributed by atoms with E-state index in [2.05, 4.69) is 4.98 Å². The molecule has 0 fully saturated rings. The van der Waals surface area contributed by atoms with E-state index in [0.717, 1.165) is 34.0 Å². The largest absolute Gasteiger partial charge is 0.382 e. The summed E-state index contributed by atoms with van der Waals surface area (Å²) in [5.41, 5.74) is 3.91. The van der Waals surface area contributed by atoms with Crippen molar-refractivity contribution in [2.24, 2.45) is 0 Å². The van der Waals surface area contributed by atoms with Crippen molar-refractivity contribution in [1.29, 1.82) is 0 Å². The Morgan fingerprint density at radius 1 is 1.19 bits per heavy atom. The second-order valence-corrected chi connectivity index (χ2v) is 7.54. The molecule has 0 saturated heterocycles. The van der Waals surface area contributed by atoms with E-state index in [0.29, 0.717) is 44.5 Å². The second-order valence-electron chi connectivity index (χ2n) is 7.54. The number of benzene rings is 1. The normalized spacial score (nSPS) is 13.8. The third-order valence-corrected chi connectivity index (χ3v) is 5.42. The number of hydrogen-bond donors (Lipinski definition) is 1. The Labute approximate surface area is 180 Å². The number of pyridine rings is 1. The van der Waals surface area contributed by atoms with Crippen LogP contribution >= 0.6 is 0 Å². The first-order chi connectivity index (χ1) is 15.1. The van der Waals surface area contributed by atoms with E-state index in [1.807, 2.05) is 17.7 Å². The molecule has 4 rings (SSSR count). The monoisotopic (exact) mass is 427 g/mol. The lowest BCUT2D eigenvalue weighted by Crippen LogP contribution is -2.35. The third-order valence-electron chi connectivity index (χ3n) is 5.42. The van der Waals surface area contributed by atoms with Crippen LogP contribution in [0.2, 0.25) is 0 Å². The number of hydrogen-bond acceptors (Lipinski definition) is 5. The zero-order valence-corrected chi connectivity index (χ0v) is 17.5. The van der Waals surface area contributed by atoms with Crippen molar-refractivity contribution in [2.75, 3.05) is 26.4 Å². The fourth-order valence-electron chi connectivity index (χ4n) is 3.92. The van der Waals surface area contributed by atoms with Gasteiger partial charge >= 0.3 is 0 Å². The number of rotatable bonds is 9. The third kappa shape index (κ3) is 4.61. The Kier molecular flexibility index (Phi) is 6.60. The molecule has 7 nitrogen and oxygen atoms in total. The van der Waals surface area contributed by atoms with Gasteiger partial charge in [-0.2, -0.15) is 0 Å². The standard InChI is InChI=1S/C23H26FN3O4/c1-2-30-10-3-11-31-15-17-14-26(13-16-4-6-18(24)7-5-16)20-12-25-22-19(21(17)20)8-9-27(29)23(22)28/h4-7,12,14,29H,2-3,8-11,13,15H2,1H3. The summed E-state index contributed by atoms with van der Waals surface area (Å²) in [6.45, 7) is 5.04. The minimum atomic E-state index is -0.488. The number of ether oxygens (including phenoxy) is 2. The molecular weight excluding hydrogens is 401 g/mol. The highest BCUT2D eigenvalue weighted by Gasteiger charge is 2.28. The average Bonchev–Trinajstić information content (AvgIpc) is 3.12. The highest BCUT2D eigenvalue weighted by molar-refractivity contribution is 6.00. The lowest BCUT2D eigenvalue weighted by atomic mass is 9.99. The van der Waals surface area contributed by atoms with E-state index < -0.39 is 5.91 Å². The molecular formula is C23H26FN3O4.